The fraction of sp³-hybridized carbons (Fsp3) is 0.837. The van der Waals surface area contributed by atoms with Crippen LogP contribution in [-0.2, 0) is 33.2 Å². The van der Waals surface area contributed by atoms with Crippen LogP contribution in [0.15, 0.2) is 30.3 Å². The van der Waals surface area contributed by atoms with Crippen LogP contribution in [-0.4, -0.2) is 179 Å². The van der Waals surface area contributed by atoms with Crippen molar-refractivity contribution in [1.82, 2.24) is 15.5 Å². The first-order valence-electron chi connectivity index (χ1n) is 24.5. The smallest absolute Gasteiger partial charge is 0.406 e. The molecule has 18 atom stereocenters. The molecule has 1 aromatic rings. The molecule has 0 unspecified atom stereocenters. The van der Waals surface area contributed by atoms with Crippen LogP contribution in [0.2, 0.25) is 0 Å². The summed E-state index contributed by atoms with van der Waals surface area (Å²) < 4.78 is 80.2. The molecular weight excluding hydrogens is 910 g/mol. The minimum absolute atomic E-state index is 0.00515. The number of urea groups is 1. The van der Waals surface area contributed by atoms with Crippen molar-refractivity contribution < 1.29 is 76.7 Å². The lowest BCUT2D eigenvalue weighted by Crippen LogP contribution is -2.70. The Morgan fingerprint density at radius 2 is 1.61 bits per heavy atom. The molecule has 1 aromatic carbocycles. The number of anilines is 1. The van der Waals surface area contributed by atoms with Gasteiger partial charge in [0.25, 0.3) is 0 Å². The molecule has 3 aliphatic rings. The number of hydrogen-bond donors (Lipinski definition) is 7. The lowest BCUT2D eigenvalue weighted by atomic mass is 9.75. The molecule has 69 heavy (non-hydrogen) atoms. The Hall–Kier alpha value is -2.73. The maximum absolute atomic E-state index is 14.5. The molecule has 3 heterocycles. The Morgan fingerprint density at radius 1 is 0.971 bits per heavy atom. The van der Waals surface area contributed by atoms with Crippen molar-refractivity contribution in [2.45, 2.75) is 204 Å². The van der Waals surface area contributed by atoms with E-state index in [4.69, 9.17) is 28.4 Å². The maximum Gasteiger partial charge on any atom is 0.406 e. The van der Waals surface area contributed by atoms with Crippen LogP contribution < -0.4 is 15.5 Å². The number of methoxy groups -OCH3 is 1. The highest BCUT2D eigenvalue weighted by molar-refractivity contribution is 5.92. The molecule has 2 amide bonds. The van der Waals surface area contributed by atoms with Crippen LogP contribution in [0.3, 0.4) is 0 Å². The summed E-state index contributed by atoms with van der Waals surface area (Å²) in [6.07, 6.45) is -15.0. The van der Waals surface area contributed by atoms with Crippen LogP contribution in [0.5, 0.6) is 0 Å². The second kappa shape index (κ2) is 23.9. The molecule has 20 heteroatoms. The number of ether oxygens (including phenoxy) is 6. The number of alkyl halides is 3. The Balaban J connectivity index is 1.82. The van der Waals surface area contributed by atoms with Gasteiger partial charge in [0, 0.05) is 44.8 Å². The highest BCUT2D eigenvalue weighted by Crippen LogP contribution is 2.43. The molecule has 0 radical (unpaired) electrons. The van der Waals surface area contributed by atoms with Crippen molar-refractivity contribution in [3.63, 3.8) is 0 Å². The van der Waals surface area contributed by atoms with Crippen molar-refractivity contribution in [1.29, 1.82) is 0 Å². The quantitative estimate of drug-likeness (QED) is 0.107. The summed E-state index contributed by atoms with van der Waals surface area (Å²) in [6, 6.07) is 4.50. The molecule has 0 aromatic heterocycles. The number of hydrogen-bond acceptors (Lipinski definition) is 15. The number of nitrogens with zero attached hydrogens (tertiary/aromatic N) is 2. The van der Waals surface area contributed by atoms with Crippen molar-refractivity contribution in [3.05, 3.63) is 30.3 Å². The number of carbonyl (C=O) groups is 2. The SMILES string of the molecule is CCCNC[C@]1(O)[C@H](C)O[C@@H](O[C@H]2[C@H](C)[C@@H](O[C@@H]3O[C@H](C)C[C@H](N(C)C(=O)N(CC(F)(F)F)c4ccccc4)[C@H]3O)[C@](C)(O)C[C@@H](C)CN[C@H](C)[C@@H](O)[C@](C)(O)[C@@H](CC)OC(=O)[C@@H]2C)C[C@@]1(C)OC. The first-order chi connectivity index (χ1) is 32.0. The van der Waals surface area contributed by atoms with Gasteiger partial charge in [-0.25, -0.2) is 4.79 Å². The molecule has 3 aliphatic heterocycles. The van der Waals surface area contributed by atoms with E-state index in [0.29, 0.717) is 11.4 Å². The lowest BCUT2D eigenvalue weighted by Gasteiger charge is -2.53. The molecule has 0 aliphatic carbocycles. The number of benzene rings is 1. The number of cyclic esters (lactones) is 1. The van der Waals surface area contributed by atoms with Crippen LogP contribution in [0.4, 0.5) is 23.7 Å². The second-order valence-corrected chi connectivity index (χ2v) is 20.7. The number of halogens is 3. The third kappa shape index (κ3) is 13.9. The lowest BCUT2D eigenvalue weighted by molar-refractivity contribution is -0.336. The highest BCUT2D eigenvalue weighted by atomic mass is 19.4. The van der Waals surface area contributed by atoms with Gasteiger partial charge in [-0.05, 0) is 105 Å². The van der Waals surface area contributed by atoms with Crippen LogP contribution >= 0.6 is 0 Å². The van der Waals surface area contributed by atoms with E-state index in [1.807, 2.05) is 13.8 Å². The first kappa shape index (κ1) is 58.8. The van der Waals surface area contributed by atoms with Gasteiger partial charge in [-0.1, -0.05) is 45.9 Å². The first-order valence-corrected chi connectivity index (χ1v) is 24.5. The summed E-state index contributed by atoms with van der Waals surface area (Å²) in [5.41, 5.74) is -6.53. The predicted molar refractivity (Wildman–Crippen MR) is 251 cm³/mol. The van der Waals surface area contributed by atoms with E-state index in [-0.39, 0.29) is 50.4 Å². The van der Waals surface area contributed by atoms with E-state index in [9.17, 15) is 48.3 Å². The molecule has 0 saturated carbocycles. The van der Waals surface area contributed by atoms with Gasteiger partial charge in [0.15, 0.2) is 12.6 Å². The van der Waals surface area contributed by atoms with Crippen molar-refractivity contribution in [2.24, 2.45) is 17.8 Å². The Morgan fingerprint density at radius 3 is 2.19 bits per heavy atom. The number of aliphatic hydroxyl groups is 5. The number of amides is 2. The number of para-hydroxylation sites is 1. The van der Waals surface area contributed by atoms with Gasteiger partial charge < -0.3 is 69.5 Å². The fourth-order valence-electron chi connectivity index (χ4n) is 10.5. The summed E-state index contributed by atoms with van der Waals surface area (Å²) in [7, 11) is 2.77. The van der Waals surface area contributed by atoms with Gasteiger partial charge in [-0.3, -0.25) is 9.69 Å². The zero-order valence-electron chi connectivity index (χ0n) is 42.9. The number of esters is 1. The van der Waals surface area contributed by atoms with Crippen LogP contribution in [0.1, 0.15) is 108 Å². The molecule has 398 valence electrons. The van der Waals surface area contributed by atoms with Gasteiger partial charge in [-0.15, -0.1) is 0 Å². The fourth-order valence-corrected chi connectivity index (χ4v) is 10.5. The monoisotopic (exact) mass is 993 g/mol. The van der Waals surface area contributed by atoms with E-state index in [1.165, 1.54) is 52.3 Å². The Labute approximate surface area is 406 Å². The summed E-state index contributed by atoms with van der Waals surface area (Å²) in [4.78, 5) is 30.2. The van der Waals surface area contributed by atoms with Gasteiger partial charge in [0.2, 0.25) is 0 Å². The van der Waals surface area contributed by atoms with E-state index in [2.05, 4.69) is 10.6 Å². The normalized spacial score (nSPS) is 41.1. The van der Waals surface area contributed by atoms with E-state index in [1.54, 1.807) is 54.5 Å². The highest BCUT2D eigenvalue weighted by Gasteiger charge is 2.58. The van der Waals surface area contributed by atoms with E-state index in [0.717, 1.165) is 11.3 Å². The minimum Gasteiger partial charge on any atom is -0.459 e. The van der Waals surface area contributed by atoms with Gasteiger partial charge in [0.05, 0.1) is 42.0 Å². The molecule has 0 bridgehead atoms. The summed E-state index contributed by atoms with van der Waals surface area (Å²) >= 11 is 0. The van der Waals surface area contributed by atoms with Crippen molar-refractivity contribution in [3.8, 4) is 0 Å². The van der Waals surface area contributed by atoms with E-state index >= 15 is 0 Å². The number of aliphatic hydroxyl groups excluding tert-OH is 2. The van der Waals surface area contributed by atoms with Crippen molar-refractivity contribution in [2.75, 3.05) is 45.2 Å². The molecule has 4 rings (SSSR count). The zero-order chi connectivity index (χ0) is 52.0. The zero-order valence-corrected chi connectivity index (χ0v) is 42.9. The van der Waals surface area contributed by atoms with Crippen LogP contribution in [0.25, 0.3) is 0 Å². The second-order valence-electron chi connectivity index (χ2n) is 20.7. The molecule has 7 N–H and O–H groups in total. The maximum atomic E-state index is 14.5. The predicted octanol–water partition coefficient (Wildman–Crippen LogP) is 4.49. The number of nitrogens with one attached hydrogen (secondary N) is 2. The standard InChI is InChI=1S/C49H83F3N4O13/c1-14-21-53-26-48(63)33(8)66-37(24-46(48,10)64-13)68-39-30(5)41(45(9,61)23-28(3)25-54-32(7)40(58)47(11,62)36(15-2)67-42(59)31(39)6)69-43-38(57)35(22-29(4)65-43)55(12)44(60)56(27-49(50,51)52)34-19-17-16-18-20-34/h16-20,28-33,35-41,43,53-54,57-58,61-63H,14-15,21-27H2,1-13H3/t28-,29-,30+,31-,32-,33+,35+,36-,37+,38-,39+,40-,41-,43+,45-,46-,47-,48+/m1/s1. The van der Waals surface area contributed by atoms with Crippen molar-refractivity contribution >= 4 is 17.7 Å². The third-order valence-electron chi connectivity index (χ3n) is 14.8. The molecular formula is C49H83F3N4O13. The Bertz CT molecular complexity index is 1790. The van der Waals surface area contributed by atoms with Gasteiger partial charge in [-0.2, -0.15) is 13.2 Å². The number of likely N-dealkylation sites (N-methyl/N-ethyl adjacent to an activating group) is 1. The summed E-state index contributed by atoms with van der Waals surface area (Å²) in [5, 5.41) is 66.8. The van der Waals surface area contributed by atoms with E-state index < -0.39 is 126 Å². The minimum atomic E-state index is -4.76. The molecule has 3 fully saturated rings. The van der Waals surface area contributed by atoms with Crippen LogP contribution in [0, 0.1) is 17.8 Å². The topological polar surface area (TPSA) is 221 Å². The summed E-state index contributed by atoms with van der Waals surface area (Å²) in [6.45, 7) is 17.9. The summed E-state index contributed by atoms with van der Waals surface area (Å²) in [5.74, 6) is -3.37. The largest absolute Gasteiger partial charge is 0.459 e. The average molecular weight is 993 g/mol. The molecule has 3 saturated heterocycles. The number of carbonyl (C=O) groups excluding carboxylic acids is 2. The molecule has 0 spiro atoms. The number of rotatable bonds is 13. The van der Waals surface area contributed by atoms with Gasteiger partial charge in [0.1, 0.15) is 41.7 Å². The third-order valence-corrected chi connectivity index (χ3v) is 14.8. The average Bonchev–Trinajstić information content (AvgIpc) is 3.28. The van der Waals surface area contributed by atoms with Gasteiger partial charge >= 0.3 is 18.2 Å². The Kier molecular flexibility index (Phi) is 20.4. The molecule has 17 nitrogen and oxygen atoms in total.